The summed E-state index contributed by atoms with van der Waals surface area (Å²) in [5.41, 5.74) is 16.7. The van der Waals surface area contributed by atoms with E-state index in [1.807, 2.05) is 0 Å². The molecule has 2 aliphatic carbocycles. The lowest BCUT2D eigenvalue weighted by atomic mass is 9.67. The van der Waals surface area contributed by atoms with Gasteiger partial charge in [0.25, 0.3) is 0 Å². The van der Waals surface area contributed by atoms with Gasteiger partial charge in [0.15, 0.2) is 0 Å². The smallest absolute Gasteiger partial charge is 0.0465 e. The van der Waals surface area contributed by atoms with E-state index in [0.717, 1.165) is 29.2 Å². The quantitative estimate of drug-likeness (QED) is 0.118. The van der Waals surface area contributed by atoms with Gasteiger partial charge in [-0.3, -0.25) is 0 Å². The highest BCUT2D eigenvalue weighted by molar-refractivity contribution is 5.90. The topological polar surface area (TPSA) is 6.48 Å². The second-order valence-electron chi connectivity index (χ2n) is 14.7. The lowest BCUT2D eigenvalue weighted by Crippen LogP contribution is -2.28. The number of benzene rings is 7. The van der Waals surface area contributed by atoms with Crippen molar-refractivity contribution >= 4 is 34.1 Å². The predicted octanol–water partition coefficient (Wildman–Crippen LogP) is 14.0. The van der Waals surface area contributed by atoms with Crippen molar-refractivity contribution in [3.8, 4) is 11.1 Å². The summed E-state index contributed by atoms with van der Waals surface area (Å²) in [5, 5.41) is 0. The van der Waals surface area contributed by atoms with Crippen molar-refractivity contribution in [1.29, 1.82) is 0 Å². The summed E-state index contributed by atoms with van der Waals surface area (Å²) in [4.78, 5) is 4.83. The van der Waals surface area contributed by atoms with E-state index in [4.69, 9.17) is 0 Å². The van der Waals surface area contributed by atoms with Gasteiger partial charge in [0.05, 0.1) is 0 Å². The molecule has 0 radical (unpaired) electrons. The molecule has 0 heterocycles. The highest BCUT2D eigenvalue weighted by Gasteiger charge is 2.45. The van der Waals surface area contributed by atoms with E-state index in [1.54, 1.807) is 0 Å². The van der Waals surface area contributed by atoms with Crippen molar-refractivity contribution in [3.05, 3.63) is 204 Å². The van der Waals surface area contributed by atoms with E-state index in [2.05, 4.69) is 193 Å². The molecule has 0 saturated heterocycles. The molecular formula is C51H46N2. The molecule has 0 bridgehead atoms. The Morgan fingerprint density at radius 1 is 0.415 bits per heavy atom. The standard InChI is InChI=1S/C51H46N2/c1-2-3-4-17-34-51(40-29-28-38-26-27-39(38)35-40)49-36-45(52(41-18-9-5-10-19-41)42-20-11-6-12-21-42)30-32-47(49)48-33-31-46(37-50(48)51)53(43-22-13-7-14-23-43)44-24-15-8-16-25-44/h5-16,18-25,28-33,35-37H,2-4,17,26-27,34H2,1H3. The van der Waals surface area contributed by atoms with Crippen LogP contribution in [0.2, 0.25) is 0 Å². The molecule has 0 unspecified atom stereocenters. The molecule has 260 valence electrons. The van der Waals surface area contributed by atoms with Crippen LogP contribution in [-0.2, 0) is 18.3 Å². The summed E-state index contributed by atoms with van der Waals surface area (Å²) < 4.78 is 0. The van der Waals surface area contributed by atoms with E-state index in [9.17, 15) is 0 Å². The first kappa shape index (κ1) is 33.0. The number of hydrogen-bond acceptors (Lipinski definition) is 2. The molecule has 7 aromatic rings. The summed E-state index contributed by atoms with van der Waals surface area (Å²) in [6.07, 6.45) is 8.29. The highest BCUT2D eigenvalue weighted by atomic mass is 15.1. The van der Waals surface area contributed by atoms with Crippen molar-refractivity contribution < 1.29 is 0 Å². The van der Waals surface area contributed by atoms with Crippen LogP contribution in [0.25, 0.3) is 11.1 Å². The van der Waals surface area contributed by atoms with Crippen molar-refractivity contribution in [3.63, 3.8) is 0 Å². The van der Waals surface area contributed by atoms with Crippen LogP contribution in [0.4, 0.5) is 34.1 Å². The predicted molar refractivity (Wildman–Crippen MR) is 224 cm³/mol. The molecule has 2 aliphatic rings. The van der Waals surface area contributed by atoms with Crippen molar-refractivity contribution in [1.82, 2.24) is 0 Å². The first-order valence-corrected chi connectivity index (χ1v) is 19.5. The zero-order valence-electron chi connectivity index (χ0n) is 30.6. The summed E-state index contributed by atoms with van der Waals surface area (Å²) in [7, 11) is 0. The van der Waals surface area contributed by atoms with Gasteiger partial charge in [0, 0.05) is 39.5 Å². The molecule has 0 N–H and O–H groups in total. The van der Waals surface area contributed by atoms with Gasteiger partial charge in [-0.1, -0.05) is 136 Å². The molecule has 0 amide bonds. The number of para-hydroxylation sites is 4. The van der Waals surface area contributed by atoms with E-state index in [-0.39, 0.29) is 5.41 Å². The molecule has 0 atom stereocenters. The molecule has 2 nitrogen and oxygen atoms in total. The van der Waals surface area contributed by atoms with Gasteiger partial charge in [0.1, 0.15) is 0 Å². The van der Waals surface area contributed by atoms with Gasteiger partial charge in [-0.05, 0) is 131 Å². The molecule has 2 heteroatoms. The number of rotatable bonds is 12. The Balaban J connectivity index is 1.29. The zero-order chi connectivity index (χ0) is 35.6. The molecule has 0 spiro atoms. The third kappa shape index (κ3) is 5.93. The fourth-order valence-electron chi connectivity index (χ4n) is 8.87. The Morgan fingerprint density at radius 2 is 0.868 bits per heavy atom. The second-order valence-corrected chi connectivity index (χ2v) is 14.7. The fourth-order valence-corrected chi connectivity index (χ4v) is 8.87. The average molecular weight is 687 g/mol. The van der Waals surface area contributed by atoms with Crippen LogP contribution >= 0.6 is 0 Å². The molecule has 7 aromatic carbocycles. The number of fused-ring (bicyclic) bond motifs is 4. The van der Waals surface area contributed by atoms with Gasteiger partial charge < -0.3 is 9.80 Å². The van der Waals surface area contributed by atoms with Crippen molar-refractivity contribution in [2.24, 2.45) is 0 Å². The lowest BCUT2D eigenvalue weighted by molar-refractivity contribution is 0.515. The Kier molecular flexibility index (Phi) is 8.89. The number of anilines is 6. The van der Waals surface area contributed by atoms with E-state index >= 15 is 0 Å². The summed E-state index contributed by atoms with van der Waals surface area (Å²) >= 11 is 0. The largest absolute Gasteiger partial charge is 0.310 e. The first-order valence-electron chi connectivity index (χ1n) is 19.5. The van der Waals surface area contributed by atoms with Crippen LogP contribution < -0.4 is 9.80 Å². The minimum Gasteiger partial charge on any atom is -0.310 e. The van der Waals surface area contributed by atoms with E-state index < -0.39 is 0 Å². The highest BCUT2D eigenvalue weighted by Crippen LogP contribution is 2.58. The van der Waals surface area contributed by atoms with E-state index in [1.165, 1.54) is 88.8 Å². The maximum atomic E-state index is 2.56. The Hall–Kier alpha value is -5.86. The number of unbranched alkanes of at least 4 members (excludes halogenated alkanes) is 3. The van der Waals surface area contributed by atoms with Crippen molar-refractivity contribution in [2.75, 3.05) is 9.80 Å². The van der Waals surface area contributed by atoms with Crippen molar-refractivity contribution in [2.45, 2.75) is 57.3 Å². The number of nitrogens with zero attached hydrogens (tertiary/aromatic N) is 2. The monoisotopic (exact) mass is 686 g/mol. The van der Waals surface area contributed by atoms with Gasteiger partial charge in [-0.25, -0.2) is 0 Å². The normalized spacial score (nSPS) is 13.4. The van der Waals surface area contributed by atoms with Crippen LogP contribution in [0.5, 0.6) is 0 Å². The average Bonchev–Trinajstić information content (AvgIpc) is 3.48. The van der Waals surface area contributed by atoms with Gasteiger partial charge >= 0.3 is 0 Å². The summed E-state index contributed by atoms with van der Waals surface area (Å²) in [6.45, 7) is 2.31. The second kappa shape index (κ2) is 14.3. The number of hydrogen-bond donors (Lipinski definition) is 0. The van der Waals surface area contributed by atoms with Gasteiger partial charge in [-0.15, -0.1) is 0 Å². The summed E-state index contributed by atoms with van der Waals surface area (Å²) in [6, 6.07) is 65.3. The Labute approximate surface area is 315 Å². The molecule has 0 aromatic heterocycles. The Bertz CT molecular complexity index is 2120. The SMILES string of the molecule is CCCCCCC1(c2ccc3c(c2)CC3)c2cc(N(c3ccccc3)c3ccccc3)ccc2-c2ccc(N(c3ccccc3)c3ccccc3)cc21. The minimum absolute atomic E-state index is 0.298. The molecule has 0 aliphatic heterocycles. The fraction of sp³-hybridized carbons (Fsp3) is 0.176. The molecule has 0 saturated carbocycles. The molecule has 53 heavy (non-hydrogen) atoms. The van der Waals surface area contributed by atoms with E-state index in [0.29, 0.717) is 0 Å². The third-order valence-corrected chi connectivity index (χ3v) is 11.6. The zero-order valence-corrected chi connectivity index (χ0v) is 30.6. The van der Waals surface area contributed by atoms with Crippen LogP contribution in [-0.4, -0.2) is 0 Å². The van der Waals surface area contributed by atoms with Crippen LogP contribution in [0.1, 0.15) is 66.8 Å². The molecule has 0 fully saturated rings. The molecule has 9 rings (SSSR count). The summed E-state index contributed by atoms with van der Waals surface area (Å²) in [5.74, 6) is 0. The maximum absolute atomic E-state index is 2.56. The lowest BCUT2D eigenvalue weighted by Gasteiger charge is -2.36. The first-order chi connectivity index (χ1) is 26.2. The Morgan fingerprint density at radius 3 is 1.26 bits per heavy atom. The van der Waals surface area contributed by atoms with Crippen LogP contribution in [0.3, 0.4) is 0 Å². The van der Waals surface area contributed by atoms with Gasteiger partial charge in [0.2, 0.25) is 0 Å². The minimum atomic E-state index is -0.298. The third-order valence-electron chi connectivity index (χ3n) is 11.6. The van der Waals surface area contributed by atoms with Gasteiger partial charge in [-0.2, -0.15) is 0 Å². The molecular weight excluding hydrogens is 641 g/mol. The van der Waals surface area contributed by atoms with Crippen LogP contribution in [0.15, 0.2) is 176 Å². The van der Waals surface area contributed by atoms with Crippen LogP contribution in [0, 0.1) is 0 Å². The number of aryl methyl sites for hydroxylation is 2. The maximum Gasteiger partial charge on any atom is 0.0465 e.